The molecule has 0 radical (unpaired) electrons. The molecule has 7 N–H and O–H groups in total. The van der Waals surface area contributed by atoms with E-state index in [-0.39, 0.29) is 48.8 Å². The second-order valence-electron chi connectivity index (χ2n) is 14.7. The quantitative estimate of drug-likeness (QED) is 0.0672. The zero-order valence-electron chi connectivity index (χ0n) is 33.3. The number of urea groups is 2. The average molecular weight is 749 g/mol. The van der Waals surface area contributed by atoms with Crippen LogP contribution in [0.25, 0.3) is 11.1 Å². The number of benzene rings is 4. The summed E-state index contributed by atoms with van der Waals surface area (Å²) >= 11 is 0. The molecular weight excluding hydrogens is 689 g/mol. The Balaban J connectivity index is 0.000000299. The van der Waals surface area contributed by atoms with E-state index in [9.17, 15) is 14.4 Å². The number of carbonyl (C=O) groups is 3. The van der Waals surface area contributed by atoms with Crippen LogP contribution in [0, 0.1) is 0 Å². The van der Waals surface area contributed by atoms with Crippen molar-refractivity contribution in [1.82, 2.24) is 21.3 Å². The first-order valence-corrected chi connectivity index (χ1v) is 19.6. The summed E-state index contributed by atoms with van der Waals surface area (Å²) in [6, 6.07) is 32.1. The highest BCUT2D eigenvalue weighted by Crippen LogP contribution is 2.44. The maximum absolute atomic E-state index is 12.5. The largest absolute Gasteiger partial charge is 0.448 e. The van der Waals surface area contributed by atoms with Gasteiger partial charge in [0.1, 0.15) is 6.61 Å². The SMILES string of the molecule is CCC[C@@H](C)NC(=O)N[C@H](C)Cc1ccc(N)cc1.CCC[C@@H](C)NC(=O)N[C@H](C)Cc1ccc(NC(=O)OCC2c3ccccc3-c3ccccc32)cc1. The molecular formula is C45H60N6O4. The van der Waals surface area contributed by atoms with E-state index in [0.29, 0.717) is 12.1 Å². The molecule has 0 fully saturated rings. The second-order valence-corrected chi connectivity index (χ2v) is 14.7. The summed E-state index contributed by atoms with van der Waals surface area (Å²) in [4.78, 5) is 36.4. The Kier molecular flexibility index (Phi) is 16.4. The highest BCUT2D eigenvalue weighted by atomic mass is 16.5. The molecule has 4 aromatic rings. The van der Waals surface area contributed by atoms with Crippen LogP contribution < -0.4 is 32.3 Å². The van der Waals surface area contributed by atoms with E-state index in [1.165, 1.54) is 27.8 Å². The lowest BCUT2D eigenvalue weighted by Crippen LogP contribution is -2.45. The minimum atomic E-state index is -0.475. The van der Waals surface area contributed by atoms with Gasteiger partial charge in [-0.3, -0.25) is 5.32 Å². The molecule has 4 atom stereocenters. The van der Waals surface area contributed by atoms with Crippen molar-refractivity contribution in [2.45, 2.75) is 110 Å². The predicted octanol–water partition coefficient (Wildman–Crippen LogP) is 9.15. The average Bonchev–Trinajstić information content (AvgIpc) is 3.46. The predicted molar refractivity (Wildman–Crippen MR) is 224 cm³/mol. The normalized spacial score (nSPS) is 13.7. The van der Waals surface area contributed by atoms with Gasteiger partial charge in [0.15, 0.2) is 0 Å². The molecule has 0 bridgehead atoms. The Hall–Kier alpha value is -5.51. The molecule has 10 heteroatoms. The topological polar surface area (TPSA) is 147 Å². The minimum Gasteiger partial charge on any atom is -0.448 e. The van der Waals surface area contributed by atoms with Gasteiger partial charge in [0.05, 0.1) is 0 Å². The first-order valence-electron chi connectivity index (χ1n) is 19.6. The van der Waals surface area contributed by atoms with Crippen LogP contribution in [0.3, 0.4) is 0 Å². The highest BCUT2D eigenvalue weighted by Gasteiger charge is 2.29. The van der Waals surface area contributed by atoms with Crippen LogP contribution in [0.5, 0.6) is 0 Å². The number of amides is 5. The summed E-state index contributed by atoms with van der Waals surface area (Å²) in [5.74, 6) is 0.0293. The van der Waals surface area contributed by atoms with Crippen LogP contribution >= 0.6 is 0 Å². The van der Waals surface area contributed by atoms with E-state index < -0.39 is 6.09 Å². The fourth-order valence-corrected chi connectivity index (χ4v) is 6.93. The summed E-state index contributed by atoms with van der Waals surface area (Å²) < 4.78 is 5.63. The molecule has 0 saturated carbocycles. The molecule has 0 saturated heterocycles. The molecule has 5 amide bonds. The standard InChI is InChI=1S/C30H35N3O3.C15H25N3O/c1-4-9-20(2)31-29(34)32-21(3)18-22-14-16-23(17-15-22)33-30(35)36-19-28-26-12-7-5-10-24(26)25-11-6-8-13-27(25)28;1-4-5-11(2)17-15(19)18-12(3)10-13-6-8-14(16)9-7-13/h5-8,10-17,20-21,28H,4,9,18-19H2,1-3H3,(H,33,35)(H2,31,32,34);6-9,11-12H,4-5,10,16H2,1-3H3,(H2,17,18,19)/t20-,21-;11-,12-/m11/s1. The van der Waals surface area contributed by atoms with Gasteiger partial charge in [-0.05, 0) is 111 Å². The second kappa shape index (κ2) is 21.4. The molecule has 0 aliphatic heterocycles. The van der Waals surface area contributed by atoms with Crippen LogP contribution in [0.4, 0.5) is 25.8 Å². The van der Waals surface area contributed by atoms with Crippen LogP contribution in [-0.2, 0) is 17.6 Å². The molecule has 1 aliphatic carbocycles. The van der Waals surface area contributed by atoms with Gasteiger partial charge in [-0.1, -0.05) is 99.5 Å². The number of nitrogens with one attached hydrogen (secondary N) is 5. The summed E-state index contributed by atoms with van der Waals surface area (Å²) in [5.41, 5.74) is 14.1. The van der Waals surface area contributed by atoms with Crippen molar-refractivity contribution in [1.29, 1.82) is 0 Å². The van der Waals surface area contributed by atoms with Gasteiger partial charge < -0.3 is 31.7 Å². The fraction of sp³-hybridized carbons (Fsp3) is 0.400. The summed E-state index contributed by atoms with van der Waals surface area (Å²) in [5, 5.41) is 14.6. The molecule has 10 nitrogen and oxygen atoms in total. The number of fused-ring (bicyclic) bond motifs is 3. The van der Waals surface area contributed by atoms with Gasteiger partial charge in [0, 0.05) is 41.5 Å². The van der Waals surface area contributed by atoms with Crippen molar-refractivity contribution in [3.8, 4) is 11.1 Å². The number of nitrogens with two attached hydrogens (primary N) is 1. The van der Waals surface area contributed by atoms with Crippen molar-refractivity contribution in [2.24, 2.45) is 0 Å². The van der Waals surface area contributed by atoms with Gasteiger partial charge in [-0.2, -0.15) is 0 Å². The van der Waals surface area contributed by atoms with Gasteiger partial charge in [0.25, 0.3) is 0 Å². The van der Waals surface area contributed by atoms with Crippen molar-refractivity contribution >= 4 is 29.5 Å². The Morgan fingerprint density at radius 3 is 1.47 bits per heavy atom. The number of carbonyl (C=O) groups excluding carboxylic acids is 3. The Morgan fingerprint density at radius 1 is 0.600 bits per heavy atom. The first-order chi connectivity index (χ1) is 26.4. The van der Waals surface area contributed by atoms with E-state index in [1.807, 2.05) is 100 Å². The van der Waals surface area contributed by atoms with Crippen molar-refractivity contribution in [3.05, 3.63) is 119 Å². The molecule has 55 heavy (non-hydrogen) atoms. The smallest absolute Gasteiger partial charge is 0.411 e. The maximum atomic E-state index is 12.5. The van der Waals surface area contributed by atoms with Gasteiger partial charge in [-0.15, -0.1) is 0 Å². The molecule has 4 aromatic carbocycles. The maximum Gasteiger partial charge on any atom is 0.411 e. The molecule has 1 aliphatic rings. The zero-order valence-corrected chi connectivity index (χ0v) is 33.3. The van der Waals surface area contributed by atoms with E-state index in [0.717, 1.165) is 43.4 Å². The number of rotatable bonds is 15. The van der Waals surface area contributed by atoms with Crippen LogP contribution in [0.2, 0.25) is 0 Å². The molecule has 0 aromatic heterocycles. The van der Waals surface area contributed by atoms with Gasteiger partial charge in [-0.25, -0.2) is 14.4 Å². The van der Waals surface area contributed by atoms with Crippen molar-refractivity contribution in [2.75, 3.05) is 17.7 Å². The molecule has 0 heterocycles. The van der Waals surface area contributed by atoms with Gasteiger partial charge >= 0.3 is 18.2 Å². The fourth-order valence-electron chi connectivity index (χ4n) is 6.93. The Labute approximate surface area is 327 Å². The zero-order chi connectivity index (χ0) is 39.7. The molecule has 0 spiro atoms. The number of anilines is 2. The van der Waals surface area contributed by atoms with Gasteiger partial charge in [0.2, 0.25) is 0 Å². The lowest BCUT2D eigenvalue weighted by molar-refractivity contribution is 0.158. The third-order valence-electron chi connectivity index (χ3n) is 9.56. The molecule has 294 valence electrons. The minimum absolute atomic E-state index is 0.0141. The lowest BCUT2D eigenvalue weighted by atomic mass is 9.98. The Morgan fingerprint density at radius 2 is 1.02 bits per heavy atom. The Bertz CT molecular complexity index is 1770. The monoisotopic (exact) mass is 748 g/mol. The van der Waals surface area contributed by atoms with E-state index >= 15 is 0 Å². The lowest BCUT2D eigenvalue weighted by Gasteiger charge is -2.18. The number of ether oxygens (including phenoxy) is 1. The number of hydrogen-bond donors (Lipinski definition) is 6. The molecule has 5 rings (SSSR count). The third kappa shape index (κ3) is 13.7. The van der Waals surface area contributed by atoms with Crippen LogP contribution in [0.1, 0.15) is 95.4 Å². The summed E-state index contributed by atoms with van der Waals surface area (Å²) in [7, 11) is 0. The number of nitrogen functional groups attached to an aromatic ring is 1. The first kappa shape index (κ1) is 42.2. The van der Waals surface area contributed by atoms with Crippen molar-refractivity contribution < 1.29 is 19.1 Å². The van der Waals surface area contributed by atoms with E-state index in [4.69, 9.17) is 10.5 Å². The van der Waals surface area contributed by atoms with Crippen LogP contribution in [0.15, 0.2) is 97.1 Å². The van der Waals surface area contributed by atoms with Crippen LogP contribution in [-0.4, -0.2) is 48.9 Å². The third-order valence-corrected chi connectivity index (χ3v) is 9.56. The summed E-state index contributed by atoms with van der Waals surface area (Å²) in [6.45, 7) is 12.5. The van der Waals surface area contributed by atoms with Crippen molar-refractivity contribution in [3.63, 3.8) is 0 Å². The summed E-state index contributed by atoms with van der Waals surface area (Å²) in [6.07, 6.45) is 5.09. The highest BCUT2D eigenvalue weighted by molar-refractivity contribution is 5.85. The van der Waals surface area contributed by atoms with E-state index in [1.54, 1.807) is 0 Å². The molecule has 0 unspecified atom stereocenters. The van der Waals surface area contributed by atoms with E-state index in [2.05, 4.69) is 64.7 Å². The number of hydrogen-bond acceptors (Lipinski definition) is 5.